The minimum atomic E-state index is -0.370. The quantitative estimate of drug-likeness (QED) is 0.493. The second kappa shape index (κ2) is 5.77. The first-order chi connectivity index (χ1) is 9.11. The zero-order chi connectivity index (χ0) is 13.8. The molecule has 0 unspecified atom stereocenters. The zero-order valence-electron chi connectivity index (χ0n) is 9.84. The van der Waals surface area contributed by atoms with Crippen LogP contribution in [-0.4, -0.2) is 15.5 Å². The molecule has 0 saturated carbocycles. The molecule has 1 aromatic carbocycles. The second-order valence-corrected chi connectivity index (χ2v) is 4.66. The van der Waals surface area contributed by atoms with E-state index in [9.17, 15) is 9.59 Å². The topological polar surface area (TPSA) is 90.0 Å². The first-order valence-electron chi connectivity index (χ1n) is 5.42. The highest BCUT2D eigenvalue weighted by Gasteiger charge is 2.08. The molecule has 7 heteroatoms. The molecule has 0 saturated heterocycles. The molecule has 0 aliphatic heterocycles. The Morgan fingerprint density at radius 1 is 1.47 bits per heavy atom. The number of halogens is 1. The fourth-order valence-corrected chi connectivity index (χ4v) is 2.10. The Labute approximate surface area is 117 Å². The lowest BCUT2D eigenvalue weighted by Gasteiger charge is -2.08. The first-order valence-corrected chi connectivity index (χ1v) is 6.22. The molecule has 98 valence electrons. The summed E-state index contributed by atoms with van der Waals surface area (Å²) in [7, 11) is 0. The van der Waals surface area contributed by atoms with E-state index in [0.29, 0.717) is 12.1 Å². The molecule has 2 aromatic rings. The number of nitrogens with two attached hydrogens (primary N) is 1. The number of amides is 1. The van der Waals surface area contributed by atoms with Gasteiger partial charge in [0.25, 0.3) is 5.91 Å². The summed E-state index contributed by atoms with van der Waals surface area (Å²) in [4.78, 5) is 26.6. The lowest BCUT2D eigenvalue weighted by molar-refractivity contribution is 0.0953. The Balaban J connectivity index is 2.30. The van der Waals surface area contributed by atoms with Crippen LogP contribution in [0.3, 0.4) is 0 Å². The van der Waals surface area contributed by atoms with Gasteiger partial charge < -0.3 is 0 Å². The van der Waals surface area contributed by atoms with E-state index in [1.54, 1.807) is 30.5 Å². The predicted octanol–water partition coefficient (Wildman–Crippen LogP) is 0.658. The van der Waals surface area contributed by atoms with Crippen LogP contribution in [0.15, 0.2) is 45.9 Å². The van der Waals surface area contributed by atoms with Crippen molar-refractivity contribution in [3.05, 3.63) is 62.7 Å². The van der Waals surface area contributed by atoms with Crippen LogP contribution in [0.5, 0.6) is 0 Å². The molecule has 0 radical (unpaired) electrons. The van der Waals surface area contributed by atoms with Crippen LogP contribution in [-0.2, 0) is 6.54 Å². The molecule has 0 aliphatic carbocycles. The van der Waals surface area contributed by atoms with E-state index < -0.39 is 0 Å². The summed E-state index contributed by atoms with van der Waals surface area (Å²) in [6.07, 6.45) is 3.10. The van der Waals surface area contributed by atoms with E-state index in [1.165, 1.54) is 10.8 Å². The van der Waals surface area contributed by atoms with Crippen LogP contribution in [0, 0.1) is 0 Å². The van der Waals surface area contributed by atoms with Crippen LogP contribution in [0.2, 0.25) is 0 Å². The maximum atomic E-state index is 11.5. The molecule has 0 bridgehead atoms. The molecule has 1 aromatic heterocycles. The van der Waals surface area contributed by atoms with Crippen molar-refractivity contribution < 1.29 is 4.79 Å². The number of nitrogens with one attached hydrogen (secondary N) is 1. The van der Waals surface area contributed by atoms with Crippen molar-refractivity contribution in [3.8, 4) is 0 Å². The summed E-state index contributed by atoms with van der Waals surface area (Å²) in [6.45, 7) is 0.373. The van der Waals surface area contributed by atoms with Gasteiger partial charge in [0.2, 0.25) is 0 Å². The van der Waals surface area contributed by atoms with Gasteiger partial charge >= 0.3 is 5.69 Å². The zero-order valence-corrected chi connectivity index (χ0v) is 11.4. The third kappa shape index (κ3) is 3.07. The van der Waals surface area contributed by atoms with E-state index in [1.807, 2.05) is 0 Å². The molecule has 0 aliphatic rings. The van der Waals surface area contributed by atoms with Crippen molar-refractivity contribution in [1.29, 1.82) is 0 Å². The highest BCUT2D eigenvalue weighted by Crippen LogP contribution is 2.19. The smallest absolute Gasteiger partial charge is 0.295 e. The van der Waals surface area contributed by atoms with Gasteiger partial charge in [-0.25, -0.2) is 15.6 Å². The molecule has 1 heterocycles. The summed E-state index contributed by atoms with van der Waals surface area (Å²) in [5.74, 6) is 4.70. The monoisotopic (exact) mass is 322 g/mol. The van der Waals surface area contributed by atoms with Crippen molar-refractivity contribution in [2.75, 3.05) is 0 Å². The fourth-order valence-electron chi connectivity index (χ4n) is 1.59. The molecular weight excluding hydrogens is 312 g/mol. The van der Waals surface area contributed by atoms with Crippen LogP contribution in [0.1, 0.15) is 15.9 Å². The average Bonchev–Trinajstić information content (AvgIpc) is 2.42. The molecule has 19 heavy (non-hydrogen) atoms. The maximum Gasteiger partial charge on any atom is 0.347 e. The number of carbonyl (C=O) groups excluding carboxylic acids is 1. The summed E-state index contributed by atoms with van der Waals surface area (Å²) in [6, 6.07) is 6.74. The Hall–Kier alpha value is -1.99. The van der Waals surface area contributed by atoms with E-state index in [2.05, 4.69) is 26.3 Å². The van der Waals surface area contributed by atoms with Crippen molar-refractivity contribution in [3.63, 3.8) is 0 Å². The van der Waals surface area contributed by atoms with E-state index in [4.69, 9.17) is 5.84 Å². The largest absolute Gasteiger partial charge is 0.347 e. The SMILES string of the molecule is NNC(=O)c1ccc(Cn2cccnc2=O)c(Br)c1. The van der Waals surface area contributed by atoms with Gasteiger partial charge in [0.05, 0.1) is 6.54 Å². The van der Waals surface area contributed by atoms with Gasteiger partial charge in [-0.2, -0.15) is 0 Å². The average molecular weight is 323 g/mol. The number of hydrogen-bond donors (Lipinski definition) is 2. The first kappa shape index (κ1) is 13.4. The normalized spacial score (nSPS) is 10.2. The van der Waals surface area contributed by atoms with Gasteiger partial charge in [-0.05, 0) is 23.8 Å². The van der Waals surface area contributed by atoms with Gasteiger partial charge in [0.1, 0.15) is 0 Å². The molecule has 2 rings (SSSR count). The Morgan fingerprint density at radius 2 is 2.26 bits per heavy atom. The summed E-state index contributed by atoms with van der Waals surface area (Å²) < 4.78 is 2.20. The van der Waals surface area contributed by atoms with E-state index >= 15 is 0 Å². The molecule has 6 nitrogen and oxygen atoms in total. The molecule has 3 N–H and O–H groups in total. The minimum Gasteiger partial charge on any atom is -0.295 e. The Kier molecular flexibility index (Phi) is 4.08. The standard InChI is InChI=1S/C12H11BrN4O2/c13-10-6-8(11(18)16-14)2-3-9(10)7-17-5-1-4-15-12(17)19/h1-6H,7,14H2,(H,16,18). The molecule has 1 amide bonds. The lowest BCUT2D eigenvalue weighted by Crippen LogP contribution is -2.30. The number of nitrogens with zero attached hydrogens (tertiary/aromatic N) is 2. The van der Waals surface area contributed by atoms with Gasteiger partial charge in [0.15, 0.2) is 0 Å². The highest BCUT2D eigenvalue weighted by molar-refractivity contribution is 9.10. The number of aromatic nitrogens is 2. The lowest BCUT2D eigenvalue weighted by atomic mass is 10.1. The van der Waals surface area contributed by atoms with Crippen molar-refractivity contribution in [1.82, 2.24) is 15.0 Å². The molecule has 0 fully saturated rings. The van der Waals surface area contributed by atoms with Crippen molar-refractivity contribution in [2.24, 2.45) is 5.84 Å². The van der Waals surface area contributed by atoms with Gasteiger partial charge in [0, 0.05) is 22.4 Å². The van der Waals surface area contributed by atoms with Gasteiger partial charge in [-0.15, -0.1) is 0 Å². The fraction of sp³-hybridized carbons (Fsp3) is 0.0833. The summed E-state index contributed by atoms with van der Waals surface area (Å²) in [5.41, 5.74) is 3.05. The van der Waals surface area contributed by atoms with Crippen LogP contribution in [0.25, 0.3) is 0 Å². The third-order valence-electron chi connectivity index (χ3n) is 2.57. The van der Waals surface area contributed by atoms with Gasteiger partial charge in [-0.1, -0.05) is 22.0 Å². The van der Waals surface area contributed by atoms with E-state index in [0.717, 1.165) is 10.0 Å². The van der Waals surface area contributed by atoms with E-state index in [-0.39, 0.29) is 11.6 Å². The van der Waals surface area contributed by atoms with Crippen LogP contribution >= 0.6 is 15.9 Å². The number of carbonyl (C=O) groups is 1. The van der Waals surface area contributed by atoms with Gasteiger partial charge in [-0.3, -0.25) is 14.8 Å². The number of rotatable bonds is 3. The van der Waals surface area contributed by atoms with Crippen LogP contribution < -0.4 is 17.0 Å². The molecular formula is C12H11BrN4O2. The maximum absolute atomic E-state index is 11.5. The minimum absolute atomic E-state index is 0.321. The summed E-state index contributed by atoms with van der Waals surface area (Å²) in [5, 5.41) is 0. The predicted molar refractivity (Wildman–Crippen MR) is 73.4 cm³/mol. The Morgan fingerprint density at radius 3 is 2.89 bits per heavy atom. The number of hydrogen-bond acceptors (Lipinski definition) is 4. The number of nitrogen functional groups attached to an aromatic ring is 1. The molecule has 0 atom stereocenters. The van der Waals surface area contributed by atoms with Crippen molar-refractivity contribution in [2.45, 2.75) is 6.54 Å². The molecule has 0 spiro atoms. The third-order valence-corrected chi connectivity index (χ3v) is 3.31. The number of hydrazine groups is 1. The highest BCUT2D eigenvalue weighted by atomic mass is 79.9. The van der Waals surface area contributed by atoms with Crippen LogP contribution in [0.4, 0.5) is 0 Å². The second-order valence-electron chi connectivity index (χ2n) is 3.81. The number of benzene rings is 1. The summed E-state index contributed by atoms with van der Waals surface area (Å²) >= 11 is 3.37. The van der Waals surface area contributed by atoms with Crippen molar-refractivity contribution >= 4 is 21.8 Å². The Bertz CT molecular complexity index is 669.